The quantitative estimate of drug-likeness (QED) is 0.234. The molecule has 1 fully saturated rings. The van der Waals surface area contributed by atoms with Gasteiger partial charge in [0.15, 0.2) is 0 Å². The molecule has 1 aromatic heterocycles. The van der Waals surface area contributed by atoms with Gasteiger partial charge in [-0.2, -0.15) is 0 Å². The second-order valence-corrected chi connectivity index (χ2v) is 10.2. The maximum Gasteiger partial charge on any atom is 0.254 e. The van der Waals surface area contributed by atoms with E-state index in [1.807, 2.05) is 79.0 Å². The lowest BCUT2D eigenvalue weighted by atomic mass is 10.0. The van der Waals surface area contributed by atoms with Crippen LogP contribution in [-0.4, -0.2) is 54.0 Å². The van der Waals surface area contributed by atoms with Crippen LogP contribution < -0.4 is 15.1 Å². The van der Waals surface area contributed by atoms with E-state index in [-0.39, 0.29) is 5.91 Å². The molecule has 7 heteroatoms. The Morgan fingerprint density at radius 2 is 1.61 bits per heavy atom. The van der Waals surface area contributed by atoms with Crippen LogP contribution in [0.25, 0.3) is 22.0 Å². The molecule has 0 bridgehead atoms. The number of benzene rings is 4. The van der Waals surface area contributed by atoms with Crippen molar-refractivity contribution in [3.05, 3.63) is 116 Å². The van der Waals surface area contributed by atoms with Crippen molar-refractivity contribution in [1.29, 1.82) is 0 Å². The standard InChI is InChI=1S/C34H32N6O/c1-3-32(41)40(29-11-5-4-6-12-29)30-13-7-9-25(23-30)31-14-8-10-26-24-35-34(37-33(26)31)36-27-15-17-28(18-16-27)39-21-19-38(2)20-22-39/h3-18,23-24H,1,19-22H2,2H3,(H,35,36,37). The van der Waals surface area contributed by atoms with Crippen LogP contribution in [0.3, 0.4) is 0 Å². The van der Waals surface area contributed by atoms with Crippen molar-refractivity contribution in [3.63, 3.8) is 0 Å². The Morgan fingerprint density at radius 1 is 0.878 bits per heavy atom. The third-order valence-electron chi connectivity index (χ3n) is 7.43. The van der Waals surface area contributed by atoms with E-state index in [0.717, 1.165) is 65.3 Å². The number of carbonyl (C=O) groups is 1. The summed E-state index contributed by atoms with van der Waals surface area (Å²) in [6, 6.07) is 32.0. The van der Waals surface area contributed by atoms with E-state index in [0.29, 0.717) is 5.95 Å². The van der Waals surface area contributed by atoms with Gasteiger partial charge in [-0.3, -0.25) is 9.69 Å². The van der Waals surface area contributed by atoms with Crippen LogP contribution in [0.2, 0.25) is 0 Å². The van der Waals surface area contributed by atoms with E-state index in [9.17, 15) is 4.79 Å². The van der Waals surface area contributed by atoms with Crippen LogP contribution >= 0.6 is 0 Å². The number of nitrogens with one attached hydrogen (secondary N) is 1. The predicted octanol–water partition coefficient (Wildman–Crippen LogP) is 6.64. The highest BCUT2D eigenvalue weighted by atomic mass is 16.2. The molecule has 5 aromatic rings. The molecule has 1 aliphatic rings. The van der Waals surface area contributed by atoms with E-state index in [1.165, 1.54) is 11.8 Å². The number of carbonyl (C=O) groups excluding carboxylic acids is 1. The third kappa shape index (κ3) is 5.66. The first-order chi connectivity index (χ1) is 20.1. The van der Waals surface area contributed by atoms with Gasteiger partial charge in [-0.15, -0.1) is 0 Å². The summed E-state index contributed by atoms with van der Waals surface area (Å²) >= 11 is 0. The molecule has 0 saturated carbocycles. The van der Waals surface area contributed by atoms with Crippen molar-refractivity contribution >= 4 is 45.5 Å². The van der Waals surface area contributed by atoms with E-state index in [2.05, 4.69) is 58.0 Å². The van der Waals surface area contributed by atoms with Gasteiger partial charge in [0.1, 0.15) is 0 Å². The van der Waals surface area contributed by atoms with Crippen LogP contribution in [0, 0.1) is 0 Å². The molecule has 1 aliphatic heterocycles. The number of piperazine rings is 1. The normalized spacial score (nSPS) is 13.6. The Morgan fingerprint density at radius 3 is 2.37 bits per heavy atom. The second kappa shape index (κ2) is 11.6. The van der Waals surface area contributed by atoms with Gasteiger partial charge < -0.3 is 15.1 Å². The number of para-hydroxylation sites is 2. The number of rotatable bonds is 7. The van der Waals surface area contributed by atoms with Gasteiger partial charge in [-0.1, -0.05) is 55.1 Å². The Balaban J connectivity index is 1.30. The molecule has 0 atom stereocenters. The molecule has 1 N–H and O–H groups in total. The number of hydrogen-bond donors (Lipinski definition) is 1. The fraction of sp³-hybridized carbons (Fsp3) is 0.147. The van der Waals surface area contributed by atoms with Gasteiger partial charge >= 0.3 is 0 Å². The van der Waals surface area contributed by atoms with Crippen LogP contribution in [-0.2, 0) is 4.79 Å². The summed E-state index contributed by atoms with van der Waals surface area (Å²) in [5.41, 5.74) is 6.43. The molecule has 7 nitrogen and oxygen atoms in total. The number of likely N-dealkylation sites (N-methyl/N-ethyl adjacent to an activating group) is 1. The Labute approximate surface area is 240 Å². The van der Waals surface area contributed by atoms with E-state index in [1.54, 1.807) is 4.90 Å². The summed E-state index contributed by atoms with van der Waals surface area (Å²) in [4.78, 5) is 28.8. The SMILES string of the molecule is C=CC(=O)N(c1ccccc1)c1cccc(-c2cccc3cnc(Nc4ccc(N5CCN(C)CC5)cc4)nc23)c1. The lowest BCUT2D eigenvalue weighted by molar-refractivity contribution is -0.113. The molecule has 41 heavy (non-hydrogen) atoms. The monoisotopic (exact) mass is 540 g/mol. The summed E-state index contributed by atoms with van der Waals surface area (Å²) in [5, 5.41) is 4.31. The van der Waals surface area contributed by atoms with Crippen molar-refractivity contribution in [1.82, 2.24) is 14.9 Å². The third-order valence-corrected chi connectivity index (χ3v) is 7.43. The Bertz CT molecular complexity index is 1680. The molecule has 1 amide bonds. The zero-order valence-corrected chi connectivity index (χ0v) is 23.1. The Hall–Kier alpha value is -5.01. The topological polar surface area (TPSA) is 64.6 Å². The number of aromatic nitrogens is 2. The molecule has 2 heterocycles. The van der Waals surface area contributed by atoms with Crippen molar-refractivity contribution in [3.8, 4) is 11.1 Å². The van der Waals surface area contributed by atoms with Crippen molar-refractivity contribution in [2.24, 2.45) is 0 Å². The van der Waals surface area contributed by atoms with Gasteiger partial charge in [0.05, 0.1) is 5.52 Å². The van der Waals surface area contributed by atoms with Crippen LogP contribution in [0.1, 0.15) is 0 Å². The first kappa shape index (κ1) is 26.2. The molecule has 6 rings (SSSR count). The largest absolute Gasteiger partial charge is 0.369 e. The average Bonchev–Trinajstić information content (AvgIpc) is 3.02. The Kier molecular flexibility index (Phi) is 7.43. The fourth-order valence-corrected chi connectivity index (χ4v) is 5.18. The van der Waals surface area contributed by atoms with Crippen LogP contribution in [0.5, 0.6) is 0 Å². The van der Waals surface area contributed by atoms with Crippen LogP contribution in [0.4, 0.5) is 28.7 Å². The summed E-state index contributed by atoms with van der Waals surface area (Å²) in [5.74, 6) is 0.333. The maximum absolute atomic E-state index is 12.9. The molecule has 0 aliphatic carbocycles. The molecule has 0 unspecified atom stereocenters. The number of amides is 1. The minimum Gasteiger partial charge on any atom is -0.369 e. The minimum absolute atomic E-state index is 0.196. The van der Waals surface area contributed by atoms with Crippen molar-refractivity contribution in [2.45, 2.75) is 0 Å². The molecule has 0 spiro atoms. The molecule has 0 radical (unpaired) electrons. The lowest BCUT2D eigenvalue weighted by Gasteiger charge is -2.34. The van der Waals surface area contributed by atoms with Gasteiger partial charge in [0.25, 0.3) is 5.91 Å². The van der Waals surface area contributed by atoms with E-state index < -0.39 is 0 Å². The molecule has 1 saturated heterocycles. The van der Waals surface area contributed by atoms with Gasteiger partial charge in [0, 0.05) is 66.1 Å². The van der Waals surface area contributed by atoms with Crippen molar-refractivity contribution in [2.75, 3.05) is 48.3 Å². The summed E-state index contributed by atoms with van der Waals surface area (Å²) in [7, 11) is 2.17. The van der Waals surface area contributed by atoms with E-state index >= 15 is 0 Å². The highest BCUT2D eigenvalue weighted by Crippen LogP contribution is 2.33. The number of anilines is 5. The lowest BCUT2D eigenvalue weighted by Crippen LogP contribution is -2.44. The molecular weight excluding hydrogens is 508 g/mol. The summed E-state index contributed by atoms with van der Waals surface area (Å²) in [6.07, 6.45) is 3.18. The second-order valence-electron chi connectivity index (χ2n) is 10.2. The molecular formula is C34H32N6O. The molecule has 4 aromatic carbocycles. The smallest absolute Gasteiger partial charge is 0.254 e. The first-order valence-electron chi connectivity index (χ1n) is 13.8. The van der Waals surface area contributed by atoms with E-state index in [4.69, 9.17) is 4.98 Å². The number of fused-ring (bicyclic) bond motifs is 1. The average molecular weight is 541 g/mol. The summed E-state index contributed by atoms with van der Waals surface area (Å²) < 4.78 is 0. The van der Waals surface area contributed by atoms with Gasteiger partial charge in [-0.05, 0) is 67.2 Å². The first-order valence-corrected chi connectivity index (χ1v) is 13.8. The molecule has 204 valence electrons. The van der Waals surface area contributed by atoms with Gasteiger partial charge in [0.2, 0.25) is 5.95 Å². The number of nitrogens with zero attached hydrogens (tertiary/aromatic N) is 5. The number of hydrogen-bond acceptors (Lipinski definition) is 6. The minimum atomic E-state index is -0.196. The zero-order chi connectivity index (χ0) is 28.2. The maximum atomic E-state index is 12.9. The fourth-order valence-electron chi connectivity index (χ4n) is 5.18. The summed E-state index contributed by atoms with van der Waals surface area (Å²) in [6.45, 7) is 7.93. The predicted molar refractivity (Wildman–Crippen MR) is 168 cm³/mol. The highest BCUT2D eigenvalue weighted by Gasteiger charge is 2.17. The zero-order valence-electron chi connectivity index (χ0n) is 23.1. The van der Waals surface area contributed by atoms with Crippen LogP contribution in [0.15, 0.2) is 116 Å². The van der Waals surface area contributed by atoms with Gasteiger partial charge in [-0.25, -0.2) is 9.97 Å². The highest BCUT2D eigenvalue weighted by molar-refractivity contribution is 6.07. The van der Waals surface area contributed by atoms with Crippen molar-refractivity contribution < 1.29 is 4.79 Å².